The van der Waals surface area contributed by atoms with Gasteiger partial charge in [0.05, 0.1) is 11.2 Å². The van der Waals surface area contributed by atoms with Gasteiger partial charge in [-0.1, -0.05) is 15.9 Å². The molecule has 0 saturated heterocycles. The van der Waals surface area contributed by atoms with Crippen LogP contribution in [0.25, 0.3) is 10.9 Å². The fourth-order valence-corrected chi connectivity index (χ4v) is 2.20. The molecule has 2 N–H and O–H groups in total. The van der Waals surface area contributed by atoms with Crippen LogP contribution in [0.5, 0.6) is 0 Å². The van der Waals surface area contributed by atoms with Crippen LogP contribution in [0.2, 0.25) is 0 Å². The lowest BCUT2D eigenvalue weighted by atomic mass is 10.2. The molecular formula is C12H11BrN2O3. The van der Waals surface area contributed by atoms with Crippen molar-refractivity contribution >= 4 is 44.4 Å². The van der Waals surface area contributed by atoms with Crippen molar-refractivity contribution in [2.45, 2.75) is 13.5 Å². The van der Waals surface area contributed by atoms with Crippen LogP contribution in [0.4, 0.5) is 5.69 Å². The number of halogens is 1. The average Bonchev–Trinajstić information content (AvgIpc) is 2.54. The first-order valence-electron chi connectivity index (χ1n) is 5.25. The monoisotopic (exact) mass is 310 g/mol. The molecule has 2 aromatic rings. The number of carboxylic acids is 1. The van der Waals surface area contributed by atoms with Gasteiger partial charge in [0.1, 0.15) is 6.54 Å². The Hall–Kier alpha value is -1.82. The SMILES string of the molecule is CC(=O)Nc1cn(CC(=O)O)c2ccc(Br)cc12. The molecule has 0 unspecified atom stereocenters. The maximum Gasteiger partial charge on any atom is 0.323 e. The van der Waals surface area contributed by atoms with Crippen LogP contribution >= 0.6 is 15.9 Å². The van der Waals surface area contributed by atoms with Crippen LogP contribution in [0.3, 0.4) is 0 Å². The summed E-state index contributed by atoms with van der Waals surface area (Å²) in [6, 6.07) is 5.49. The number of carbonyl (C=O) groups excluding carboxylic acids is 1. The summed E-state index contributed by atoms with van der Waals surface area (Å²) in [5.74, 6) is -1.12. The third kappa shape index (κ3) is 2.53. The molecule has 5 nitrogen and oxygen atoms in total. The standard InChI is InChI=1S/C12H11BrN2O3/c1-7(16)14-10-5-15(6-12(17)18)11-3-2-8(13)4-9(10)11/h2-5H,6H2,1H3,(H,14,16)(H,17,18). The van der Waals surface area contributed by atoms with E-state index in [0.29, 0.717) is 5.69 Å². The second-order valence-electron chi connectivity index (χ2n) is 3.91. The second-order valence-corrected chi connectivity index (χ2v) is 4.82. The zero-order valence-corrected chi connectivity index (χ0v) is 11.2. The van der Waals surface area contributed by atoms with Crippen molar-refractivity contribution in [3.63, 3.8) is 0 Å². The van der Waals surface area contributed by atoms with Gasteiger partial charge in [-0.15, -0.1) is 0 Å². The summed E-state index contributed by atoms with van der Waals surface area (Å²) in [6.45, 7) is 1.27. The van der Waals surface area contributed by atoms with Crippen molar-refractivity contribution in [1.82, 2.24) is 4.57 Å². The molecule has 6 heteroatoms. The van der Waals surface area contributed by atoms with Gasteiger partial charge < -0.3 is 15.0 Å². The van der Waals surface area contributed by atoms with Gasteiger partial charge in [0.15, 0.2) is 0 Å². The van der Waals surface area contributed by atoms with Gasteiger partial charge in [-0.2, -0.15) is 0 Å². The number of aliphatic carboxylic acids is 1. The molecule has 0 aliphatic carbocycles. The van der Waals surface area contributed by atoms with Gasteiger partial charge in [0, 0.05) is 23.0 Å². The molecule has 2 rings (SSSR count). The molecule has 0 aliphatic heterocycles. The van der Waals surface area contributed by atoms with E-state index in [0.717, 1.165) is 15.4 Å². The van der Waals surface area contributed by atoms with Crippen molar-refractivity contribution in [2.75, 3.05) is 5.32 Å². The van der Waals surface area contributed by atoms with E-state index >= 15 is 0 Å². The molecule has 0 spiro atoms. The summed E-state index contributed by atoms with van der Waals surface area (Å²) < 4.78 is 2.46. The smallest absolute Gasteiger partial charge is 0.323 e. The maximum atomic E-state index is 11.1. The Morgan fingerprint density at radius 1 is 1.44 bits per heavy atom. The molecule has 0 saturated carbocycles. The fourth-order valence-electron chi connectivity index (χ4n) is 1.84. The molecule has 0 radical (unpaired) electrons. The normalized spacial score (nSPS) is 10.6. The minimum atomic E-state index is -0.927. The summed E-state index contributed by atoms with van der Waals surface area (Å²) in [4.78, 5) is 21.9. The number of carboxylic acid groups (broad SMARTS) is 1. The summed E-state index contributed by atoms with van der Waals surface area (Å²) in [6.07, 6.45) is 1.63. The number of nitrogens with zero attached hydrogens (tertiary/aromatic N) is 1. The predicted octanol–water partition coefficient (Wildman–Crippen LogP) is 2.45. The fraction of sp³-hybridized carbons (Fsp3) is 0.167. The number of rotatable bonds is 3. The lowest BCUT2D eigenvalue weighted by Gasteiger charge is -2.00. The van der Waals surface area contributed by atoms with Gasteiger partial charge in [0.2, 0.25) is 5.91 Å². The molecule has 0 aliphatic rings. The number of hydrogen-bond donors (Lipinski definition) is 2. The number of hydrogen-bond acceptors (Lipinski definition) is 2. The number of aromatic nitrogens is 1. The van der Waals surface area contributed by atoms with Crippen molar-refractivity contribution in [2.24, 2.45) is 0 Å². The van der Waals surface area contributed by atoms with Gasteiger partial charge in [-0.25, -0.2) is 0 Å². The van der Waals surface area contributed by atoms with Crippen molar-refractivity contribution in [1.29, 1.82) is 0 Å². The van der Waals surface area contributed by atoms with Crippen LogP contribution in [0, 0.1) is 0 Å². The highest BCUT2D eigenvalue weighted by atomic mass is 79.9. The van der Waals surface area contributed by atoms with Crippen molar-refractivity contribution < 1.29 is 14.7 Å². The Morgan fingerprint density at radius 3 is 2.78 bits per heavy atom. The highest BCUT2D eigenvalue weighted by Gasteiger charge is 2.11. The van der Waals surface area contributed by atoms with Gasteiger partial charge in [-0.3, -0.25) is 9.59 Å². The number of nitrogens with one attached hydrogen (secondary N) is 1. The van der Waals surface area contributed by atoms with E-state index in [1.165, 1.54) is 6.92 Å². The molecule has 1 aromatic heterocycles. The van der Waals surface area contributed by atoms with Gasteiger partial charge in [-0.05, 0) is 18.2 Å². The number of carbonyl (C=O) groups is 2. The van der Waals surface area contributed by atoms with Crippen molar-refractivity contribution in [3.05, 3.63) is 28.9 Å². The third-order valence-electron chi connectivity index (χ3n) is 2.46. The number of fused-ring (bicyclic) bond motifs is 1. The zero-order chi connectivity index (χ0) is 13.3. The molecule has 18 heavy (non-hydrogen) atoms. The van der Waals surface area contributed by atoms with Crippen LogP contribution in [-0.2, 0) is 16.1 Å². The van der Waals surface area contributed by atoms with E-state index in [2.05, 4.69) is 21.2 Å². The lowest BCUT2D eigenvalue weighted by molar-refractivity contribution is -0.137. The first-order valence-corrected chi connectivity index (χ1v) is 6.04. The van der Waals surface area contributed by atoms with E-state index in [4.69, 9.17) is 5.11 Å². The first kappa shape index (κ1) is 12.6. The summed E-state index contributed by atoms with van der Waals surface area (Å²) >= 11 is 3.35. The summed E-state index contributed by atoms with van der Waals surface area (Å²) in [7, 11) is 0. The third-order valence-corrected chi connectivity index (χ3v) is 2.95. The molecule has 1 amide bonds. The number of benzene rings is 1. The largest absolute Gasteiger partial charge is 0.480 e. The number of anilines is 1. The topological polar surface area (TPSA) is 71.3 Å². The summed E-state index contributed by atoms with van der Waals surface area (Å²) in [5, 5.41) is 12.4. The van der Waals surface area contributed by atoms with E-state index in [-0.39, 0.29) is 12.5 Å². The van der Waals surface area contributed by atoms with Crippen LogP contribution < -0.4 is 5.32 Å². The van der Waals surface area contributed by atoms with Crippen molar-refractivity contribution in [3.8, 4) is 0 Å². The van der Waals surface area contributed by atoms with Gasteiger partial charge >= 0.3 is 5.97 Å². The molecule has 94 valence electrons. The Morgan fingerprint density at radius 2 is 2.17 bits per heavy atom. The van der Waals surface area contributed by atoms with Crippen LogP contribution in [0.1, 0.15) is 6.92 Å². The molecule has 0 fully saturated rings. The minimum absolute atomic E-state index is 0.141. The first-order chi connectivity index (χ1) is 8.47. The maximum absolute atomic E-state index is 11.1. The molecular weight excluding hydrogens is 300 g/mol. The lowest BCUT2D eigenvalue weighted by Crippen LogP contribution is -2.08. The predicted molar refractivity (Wildman–Crippen MR) is 71.6 cm³/mol. The summed E-state index contributed by atoms with van der Waals surface area (Å²) in [5.41, 5.74) is 1.38. The Bertz CT molecular complexity index is 634. The second kappa shape index (κ2) is 4.81. The van der Waals surface area contributed by atoms with Gasteiger partial charge in [0.25, 0.3) is 0 Å². The average molecular weight is 311 g/mol. The highest BCUT2D eigenvalue weighted by Crippen LogP contribution is 2.28. The minimum Gasteiger partial charge on any atom is -0.480 e. The van der Waals surface area contributed by atoms with E-state index in [9.17, 15) is 9.59 Å². The molecule has 1 aromatic carbocycles. The number of amides is 1. The highest BCUT2D eigenvalue weighted by molar-refractivity contribution is 9.10. The Balaban J connectivity index is 2.59. The van der Waals surface area contributed by atoms with Crippen LogP contribution in [-0.4, -0.2) is 21.6 Å². The Labute approximate surface area is 112 Å². The molecule has 0 atom stereocenters. The van der Waals surface area contributed by atoms with E-state index in [1.54, 1.807) is 10.8 Å². The van der Waals surface area contributed by atoms with E-state index < -0.39 is 5.97 Å². The van der Waals surface area contributed by atoms with E-state index in [1.807, 2.05) is 18.2 Å². The van der Waals surface area contributed by atoms with Crippen LogP contribution in [0.15, 0.2) is 28.9 Å². The molecule has 0 bridgehead atoms. The Kier molecular flexibility index (Phi) is 3.38. The quantitative estimate of drug-likeness (QED) is 0.914. The molecule has 1 heterocycles. The zero-order valence-electron chi connectivity index (χ0n) is 9.61.